The lowest BCUT2D eigenvalue weighted by Crippen LogP contribution is -2.36. The zero-order valence-corrected chi connectivity index (χ0v) is 14.2. The van der Waals surface area contributed by atoms with Crippen molar-refractivity contribution in [2.45, 2.75) is 58.7 Å². The Bertz CT molecular complexity index is 550. The zero-order valence-electron chi connectivity index (χ0n) is 14.2. The summed E-state index contributed by atoms with van der Waals surface area (Å²) in [5.74, 6) is 0.345. The van der Waals surface area contributed by atoms with Crippen molar-refractivity contribution in [3.63, 3.8) is 0 Å². The van der Waals surface area contributed by atoms with Crippen LogP contribution in [0.15, 0.2) is 24.3 Å². The van der Waals surface area contributed by atoms with Gasteiger partial charge in [-0.15, -0.1) is 0 Å². The topological polar surface area (TPSA) is 75.4 Å². The SMILES string of the molecule is CC(=O)N(Cc1ccc(NC(=O)[C@@H](N)CC(C)C)cc1)C1CC1. The van der Waals surface area contributed by atoms with E-state index in [2.05, 4.69) is 5.32 Å². The number of nitrogens with one attached hydrogen (secondary N) is 1. The van der Waals surface area contributed by atoms with Crippen LogP contribution in [0.3, 0.4) is 0 Å². The number of amides is 2. The molecule has 1 aliphatic rings. The van der Waals surface area contributed by atoms with E-state index < -0.39 is 6.04 Å². The van der Waals surface area contributed by atoms with Crippen LogP contribution < -0.4 is 11.1 Å². The Balaban J connectivity index is 1.91. The van der Waals surface area contributed by atoms with E-state index in [0.717, 1.165) is 24.1 Å². The maximum Gasteiger partial charge on any atom is 0.241 e. The summed E-state index contributed by atoms with van der Waals surface area (Å²) in [6.07, 6.45) is 2.86. The molecule has 0 aliphatic heterocycles. The number of nitrogens with two attached hydrogens (primary N) is 1. The minimum Gasteiger partial charge on any atom is -0.336 e. The van der Waals surface area contributed by atoms with Gasteiger partial charge in [0.25, 0.3) is 0 Å². The summed E-state index contributed by atoms with van der Waals surface area (Å²) in [4.78, 5) is 25.6. The molecular formula is C18H27N3O2. The molecule has 126 valence electrons. The van der Waals surface area contributed by atoms with E-state index >= 15 is 0 Å². The van der Waals surface area contributed by atoms with E-state index in [9.17, 15) is 9.59 Å². The summed E-state index contributed by atoms with van der Waals surface area (Å²) in [5, 5.41) is 2.84. The van der Waals surface area contributed by atoms with Crippen LogP contribution in [0.2, 0.25) is 0 Å². The van der Waals surface area contributed by atoms with Crippen LogP contribution in [-0.4, -0.2) is 28.8 Å². The number of benzene rings is 1. The number of hydrogen-bond acceptors (Lipinski definition) is 3. The maximum atomic E-state index is 12.0. The molecule has 1 atom stereocenters. The fourth-order valence-corrected chi connectivity index (χ4v) is 2.62. The highest BCUT2D eigenvalue weighted by Gasteiger charge is 2.30. The highest BCUT2D eigenvalue weighted by atomic mass is 16.2. The molecule has 5 nitrogen and oxygen atoms in total. The Morgan fingerprint density at radius 3 is 2.35 bits per heavy atom. The van der Waals surface area contributed by atoms with Gasteiger partial charge in [-0.05, 0) is 42.9 Å². The molecule has 0 aromatic heterocycles. The molecule has 0 saturated heterocycles. The molecule has 1 fully saturated rings. The van der Waals surface area contributed by atoms with Crippen molar-refractivity contribution >= 4 is 17.5 Å². The second-order valence-electron chi connectivity index (χ2n) is 6.80. The number of nitrogens with zero attached hydrogens (tertiary/aromatic N) is 1. The molecule has 3 N–H and O–H groups in total. The lowest BCUT2D eigenvalue weighted by atomic mass is 10.0. The van der Waals surface area contributed by atoms with Crippen LogP contribution in [0.25, 0.3) is 0 Å². The van der Waals surface area contributed by atoms with Crippen molar-refractivity contribution in [2.75, 3.05) is 5.32 Å². The average molecular weight is 317 g/mol. The molecule has 0 heterocycles. The first kappa shape index (κ1) is 17.5. The van der Waals surface area contributed by atoms with Crippen molar-refractivity contribution in [3.05, 3.63) is 29.8 Å². The molecular weight excluding hydrogens is 290 g/mol. The minimum absolute atomic E-state index is 0.115. The third-order valence-corrected chi connectivity index (χ3v) is 4.03. The quantitative estimate of drug-likeness (QED) is 0.811. The molecule has 2 rings (SSSR count). The number of anilines is 1. The van der Waals surface area contributed by atoms with Gasteiger partial charge in [0.2, 0.25) is 11.8 Å². The van der Waals surface area contributed by atoms with Crippen LogP contribution in [0.4, 0.5) is 5.69 Å². The van der Waals surface area contributed by atoms with E-state index in [1.165, 1.54) is 0 Å². The molecule has 0 radical (unpaired) electrons. The smallest absolute Gasteiger partial charge is 0.241 e. The van der Waals surface area contributed by atoms with Gasteiger partial charge in [-0.1, -0.05) is 26.0 Å². The van der Waals surface area contributed by atoms with E-state index in [1.54, 1.807) is 6.92 Å². The number of hydrogen-bond donors (Lipinski definition) is 2. The number of carbonyl (C=O) groups is 2. The van der Waals surface area contributed by atoms with Crippen molar-refractivity contribution in [1.82, 2.24) is 4.90 Å². The van der Waals surface area contributed by atoms with Gasteiger partial charge in [-0.25, -0.2) is 0 Å². The van der Waals surface area contributed by atoms with Gasteiger partial charge < -0.3 is 16.0 Å². The van der Waals surface area contributed by atoms with E-state index in [1.807, 2.05) is 43.0 Å². The van der Waals surface area contributed by atoms with Gasteiger partial charge in [0, 0.05) is 25.2 Å². The Morgan fingerprint density at radius 2 is 1.87 bits per heavy atom. The van der Waals surface area contributed by atoms with Crippen LogP contribution in [-0.2, 0) is 16.1 Å². The predicted molar refractivity (Wildman–Crippen MR) is 91.7 cm³/mol. The second kappa shape index (κ2) is 7.59. The van der Waals surface area contributed by atoms with E-state index in [0.29, 0.717) is 24.9 Å². The van der Waals surface area contributed by atoms with Gasteiger partial charge in [0.15, 0.2) is 0 Å². The first-order valence-corrected chi connectivity index (χ1v) is 8.29. The van der Waals surface area contributed by atoms with Crippen LogP contribution in [0, 0.1) is 5.92 Å². The van der Waals surface area contributed by atoms with Gasteiger partial charge in [0.1, 0.15) is 0 Å². The van der Waals surface area contributed by atoms with Crippen LogP contribution in [0.1, 0.15) is 45.6 Å². The zero-order chi connectivity index (χ0) is 17.0. The Kier molecular flexibility index (Phi) is 5.77. The highest BCUT2D eigenvalue weighted by Crippen LogP contribution is 2.28. The summed E-state index contributed by atoms with van der Waals surface area (Å²) >= 11 is 0. The minimum atomic E-state index is -0.488. The maximum absolute atomic E-state index is 12.0. The molecule has 0 spiro atoms. The summed E-state index contributed by atoms with van der Waals surface area (Å²) in [7, 11) is 0. The van der Waals surface area contributed by atoms with Crippen molar-refractivity contribution < 1.29 is 9.59 Å². The first-order valence-electron chi connectivity index (χ1n) is 8.29. The lowest BCUT2D eigenvalue weighted by Gasteiger charge is -2.21. The third kappa shape index (κ3) is 5.36. The normalized spacial score (nSPS) is 15.3. The largest absolute Gasteiger partial charge is 0.336 e. The highest BCUT2D eigenvalue weighted by molar-refractivity contribution is 5.94. The van der Waals surface area contributed by atoms with E-state index in [-0.39, 0.29) is 11.8 Å². The molecule has 1 aromatic carbocycles. The standard InChI is InChI=1S/C18H27N3O2/c1-12(2)10-17(19)18(23)20-15-6-4-14(5-7-15)11-21(13(3)22)16-8-9-16/h4-7,12,16-17H,8-11,19H2,1-3H3,(H,20,23)/t17-/m0/s1. The van der Waals surface area contributed by atoms with Gasteiger partial charge >= 0.3 is 0 Å². The Hall–Kier alpha value is -1.88. The molecule has 23 heavy (non-hydrogen) atoms. The molecule has 1 aliphatic carbocycles. The molecule has 1 aromatic rings. The van der Waals surface area contributed by atoms with Gasteiger partial charge in [-0.2, -0.15) is 0 Å². The monoisotopic (exact) mass is 317 g/mol. The molecule has 1 saturated carbocycles. The van der Waals surface area contributed by atoms with Gasteiger partial charge in [0.05, 0.1) is 6.04 Å². The molecule has 0 bridgehead atoms. The molecule has 2 amide bonds. The number of carbonyl (C=O) groups excluding carboxylic acids is 2. The van der Waals surface area contributed by atoms with Crippen LogP contribution >= 0.6 is 0 Å². The summed E-state index contributed by atoms with van der Waals surface area (Å²) < 4.78 is 0. The fourth-order valence-electron chi connectivity index (χ4n) is 2.62. The lowest BCUT2D eigenvalue weighted by molar-refractivity contribution is -0.130. The summed E-state index contributed by atoms with van der Waals surface area (Å²) in [5.41, 5.74) is 7.68. The molecule has 5 heteroatoms. The average Bonchev–Trinajstić information content (AvgIpc) is 3.29. The van der Waals surface area contributed by atoms with Gasteiger partial charge in [-0.3, -0.25) is 9.59 Å². The first-order chi connectivity index (χ1) is 10.9. The Morgan fingerprint density at radius 1 is 1.26 bits per heavy atom. The van der Waals surface area contributed by atoms with Crippen molar-refractivity contribution in [3.8, 4) is 0 Å². The van der Waals surface area contributed by atoms with Crippen molar-refractivity contribution in [2.24, 2.45) is 11.7 Å². The van der Waals surface area contributed by atoms with Crippen LogP contribution in [0.5, 0.6) is 0 Å². The summed E-state index contributed by atoms with van der Waals surface area (Å²) in [6, 6.07) is 7.53. The second-order valence-corrected chi connectivity index (χ2v) is 6.80. The fraction of sp³-hybridized carbons (Fsp3) is 0.556. The Labute approximate surface area is 138 Å². The number of rotatable bonds is 7. The predicted octanol–water partition coefficient (Wildman–Crippen LogP) is 2.51. The molecule has 0 unspecified atom stereocenters. The van der Waals surface area contributed by atoms with E-state index in [4.69, 9.17) is 5.73 Å². The summed E-state index contributed by atoms with van der Waals surface area (Å²) in [6.45, 7) is 6.33. The van der Waals surface area contributed by atoms with Crippen molar-refractivity contribution in [1.29, 1.82) is 0 Å². The third-order valence-electron chi connectivity index (χ3n) is 4.03.